The zero-order valence-electron chi connectivity index (χ0n) is 13.8. The predicted octanol–water partition coefficient (Wildman–Crippen LogP) is 3.63. The first-order chi connectivity index (χ1) is 10.4. The molecule has 4 nitrogen and oxygen atoms in total. The number of ether oxygens (including phenoxy) is 1. The molecule has 0 saturated heterocycles. The Hall–Kier alpha value is -1.84. The summed E-state index contributed by atoms with van der Waals surface area (Å²) in [6, 6.07) is 7.07. The van der Waals surface area contributed by atoms with Gasteiger partial charge in [0.2, 0.25) is 0 Å². The van der Waals surface area contributed by atoms with Crippen LogP contribution in [0.15, 0.2) is 29.4 Å². The SMILES string of the molecule is COc1ccc(C(=O)N/N=C2/C[C@@H]3CC[C@@]2(C)C3(C)C)cc1. The average Bonchev–Trinajstić information content (AvgIpc) is 2.85. The molecule has 0 unspecified atom stereocenters. The van der Waals surface area contributed by atoms with Crippen molar-refractivity contribution in [3.8, 4) is 5.75 Å². The highest BCUT2D eigenvalue weighted by Crippen LogP contribution is 2.63. The quantitative estimate of drug-likeness (QED) is 0.867. The maximum atomic E-state index is 12.2. The van der Waals surface area contributed by atoms with Crippen molar-refractivity contribution in [2.45, 2.75) is 40.0 Å². The zero-order chi connectivity index (χ0) is 16.0. The van der Waals surface area contributed by atoms with Gasteiger partial charge in [-0.15, -0.1) is 0 Å². The normalized spacial score (nSPS) is 30.5. The van der Waals surface area contributed by atoms with E-state index >= 15 is 0 Å². The summed E-state index contributed by atoms with van der Waals surface area (Å²) in [4.78, 5) is 12.2. The van der Waals surface area contributed by atoms with Gasteiger partial charge in [0.1, 0.15) is 5.75 Å². The fourth-order valence-electron chi connectivity index (χ4n) is 4.02. The smallest absolute Gasteiger partial charge is 0.271 e. The van der Waals surface area contributed by atoms with Crippen LogP contribution in [0.3, 0.4) is 0 Å². The molecule has 2 aliphatic carbocycles. The van der Waals surface area contributed by atoms with Crippen LogP contribution in [0, 0.1) is 16.7 Å². The molecule has 1 amide bonds. The van der Waals surface area contributed by atoms with Crippen molar-refractivity contribution in [3.63, 3.8) is 0 Å². The molecule has 118 valence electrons. The number of benzene rings is 1. The van der Waals surface area contributed by atoms with Gasteiger partial charge in [0, 0.05) is 16.7 Å². The van der Waals surface area contributed by atoms with Crippen molar-refractivity contribution in [2.75, 3.05) is 7.11 Å². The number of hydrazone groups is 1. The molecule has 1 N–H and O–H groups in total. The van der Waals surface area contributed by atoms with Gasteiger partial charge in [0.05, 0.1) is 7.11 Å². The lowest BCUT2D eigenvalue weighted by molar-refractivity contribution is 0.0954. The summed E-state index contributed by atoms with van der Waals surface area (Å²) in [6.45, 7) is 6.95. The lowest BCUT2D eigenvalue weighted by Crippen LogP contribution is -2.34. The van der Waals surface area contributed by atoms with E-state index in [1.165, 1.54) is 12.8 Å². The standard InChI is InChI=1S/C18H24N2O2/c1-17(2)13-9-10-18(17,3)15(11-13)19-20-16(21)12-5-7-14(22-4)8-6-12/h5-8,13H,9-11H2,1-4H3,(H,20,21)/b19-15-/t13-,18+/m0/s1. The Morgan fingerprint density at radius 1 is 1.27 bits per heavy atom. The minimum atomic E-state index is -0.167. The Morgan fingerprint density at radius 2 is 1.95 bits per heavy atom. The molecule has 3 rings (SSSR count). The highest BCUT2D eigenvalue weighted by molar-refractivity contribution is 5.98. The van der Waals surface area contributed by atoms with Crippen molar-refractivity contribution in [1.82, 2.24) is 5.43 Å². The van der Waals surface area contributed by atoms with E-state index in [0.29, 0.717) is 11.5 Å². The number of nitrogens with zero attached hydrogens (tertiary/aromatic N) is 1. The van der Waals surface area contributed by atoms with Crippen LogP contribution in [0.5, 0.6) is 5.75 Å². The minimum absolute atomic E-state index is 0.116. The molecule has 2 bridgehead atoms. The van der Waals surface area contributed by atoms with Crippen LogP contribution >= 0.6 is 0 Å². The summed E-state index contributed by atoms with van der Waals surface area (Å²) in [5.74, 6) is 1.26. The van der Waals surface area contributed by atoms with Gasteiger partial charge in [0.25, 0.3) is 5.91 Å². The van der Waals surface area contributed by atoms with Crippen LogP contribution in [0.2, 0.25) is 0 Å². The van der Waals surface area contributed by atoms with Crippen LogP contribution < -0.4 is 10.2 Å². The lowest BCUT2D eigenvalue weighted by Gasteiger charge is -2.34. The van der Waals surface area contributed by atoms with E-state index < -0.39 is 0 Å². The molecule has 0 aromatic heterocycles. The third kappa shape index (κ3) is 2.13. The Kier molecular flexibility index (Phi) is 3.50. The van der Waals surface area contributed by atoms with E-state index in [-0.39, 0.29) is 16.7 Å². The second-order valence-electron chi connectivity index (χ2n) is 7.22. The molecule has 2 fully saturated rings. The highest BCUT2D eigenvalue weighted by Gasteiger charge is 2.59. The highest BCUT2D eigenvalue weighted by atomic mass is 16.5. The number of hydrogen-bond donors (Lipinski definition) is 1. The number of hydrogen-bond acceptors (Lipinski definition) is 3. The van der Waals surface area contributed by atoms with Gasteiger partial charge < -0.3 is 4.74 Å². The van der Waals surface area contributed by atoms with Crippen molar-refractivity contribution in [3.05, 3.63) is 29.8 Å². The molecule has 0 radical (unpaired) electrons. The van der Waals surface area contributed by atoms with Gasteiger partial charge in [-0.05, 0) is 54.9 Å². The van der Waals surface area contributed by atoms with Gasteiger partial charge in [-0.2, -0.15) is 5.10 Å². The maximum absolute atomic E-state index is 12.2. The molecule has 0 spiro atoms. The van der Waals surface area contributed by atoms with Crippen LogP contribution in [0.1, 0.15) is 50.4 Å². The third-order valence-corrected chi connectivity index (χ3v) is 6.16. The van der Waals surface area contributed by atoms with Crippen molar-refractivity contribution >= 4 is 11.6 Å². The average molecular weight is 300 g/mol. The van der Waals surface area contributed by atoms with Crippen molar-refractivity contribution in [2.24, 2.45) is 21.8 Å². The van der Waals surface area contributed by atoms with Crippen LogP contribution in [0.4, 0.5) is 0 Å². The first kappa shape index (κ1) is 15.1. The summed E-state index contributed by atoms with van der Waals surface area (Å²) in [6.07, 6.45) is 3.45. The fraction of sp³-hybridized carbons (Fsp3) is 0.556. The molecule has 4 heteroatoms. The fourth-order valence-corrected chi connectivity index (χ4v) is 4.02. The second kappa shape index (κ2) is 5.11. The Balaban J connectivity index is 1.73. The Bertz CT molecular complexity index is 618. The van der Waals surface area contributed by atoms with Crippen LogP contribution in [-0.2, 0) is 0 Å². The van der Waals surface area contributed by atoms with E-state index in [1.54, 1.807) is 31.4 Å². The summed E-state index contributed by atoms with van der Waals surface area (Å²) >= 11 is 0. The molecule has 2 aliphatic rings. The summed E-state index contributed by atoms with van der Waals surface area (Å²) in [7, 11) is 1.61. The van der Waals surface area contributed by atoms with Crippen molar-refractivity contribution < 1.29 is 9.53 Å². The number of carbonyl (C=O) groups excluding carboxylic acids is 1. The first-order valence-corrected chi connectivity index (χ1v) is 7.90. The molecule has 0 heterocycles. The van der Waals surface area contributed by atoms with Crippen molar-refractivity contribution in [1.29, 1.82) is 0 Å². The maximum Gasteiger partial charge on any atom is 0.271 e. The lowest BCUT2D eigenvalue weighted by atomic mass is 9.70. The van der Waals surface area contributed by atoms with Crippen LogP contribution in [0.25, 0.3) is 0 Å². The number of nitrogens with one attached hydrogen (secondary N) is 1. The van der Waals surface area contributed by atoms with Gasteiger partial charge in [-0.1, -0.05) is 20.8 Å². The molecule has 2 saturated carbocycles. The number of fused-ring (bicyclic) bond motifs is 2. The third-order valence-electron chi connectivity index (χ3n) is 6.16. The summed E-state index contributed by atoms with van der Waals surface area (Å²) < 4.78 is 5.10. The van der Waals surface area contributed by atoms with E-state index in [4.69, 9.17) is 4.74 Å². The van der Waals surface area contributed by atoms with E-state index in [0.717, 1.165) is 17.9 Å². The second-order valence-corrected chi connectivity index (χ2v) is 7.22. The molecule has 1 aromatic carbocycles. The monoisotopic (exact) mass is 300 g/mol. The largest absolute Gasteiger partial charge is 0.497 e. The van der Waals surface area contributed by atoms with E-state index in [2.05, 4.69) is 31.3 Å². The van der Waals surface area contributed by atoms with Gasteiger partial charge in [0.15, 0.2) is 0 Å². The summed E-state index contributed by atoms with van der Waals surface area (Å²) in [5, 5.41) is 4.48. The number of amides is 1. The van der Waals surface area contributed by atoms with Gasteiger partial charge in [-0.3, -0.25) is 4.79 Å². The predicted molar refractivity (Wildman–Crippen MR) is 87.1 cm³/mol. The number of carbonyl (C=O) groups is 1. The zero-order valence-corrected chi connectivity index (χ0v) is 13.8. The first-order valence-electron chi connectivity index (χ1n) is 7.90. The number of rotatable bonds is 3. The molecule has 1 aromatic rings. The molecule has 0 aliphatic heterocycles. The summed E-state index contributed by atoms with van der Waals surface area (Å²) in [5.41, 5.74) is 4.87. The van der Waals surface area contributed by atoms with E-state index in [9.17, 15) is 4.79 Å². The Morgan fingerprint density at radius 3 is 2.45 bits per heavy atom. The van der Waals surface area contributed by atoms with E-state index in [1.807, 2.05) is 0 Å². The topological polar surface area (TPSA) is 50.7 Å². The minimum Gasteiger partial charge on any atom is -0.497 e. The van der Waals surface area contributed by atoms with Crippen LogP contribution in [-0.4, -0.2) is 18.7 Å². The van der Waals surface area contributed by atoms with Gasteiger partial charge >= 0.3 is 0 Å². The molecule has 2 atom stereocenters. The number of methoxy groups -OCH3 is 1. The molecular formula is C18H24N2O2. The van der Waals surface area contributed by atoms with Gasteiger partial charge in [-0.25, -0.2) is 5.43 Å². The Labute approximate surface area is 131 Å². The molecule has 22 heavy (non-hydrogen) atoms. The molecular weight excluding hydrogens is 276 g/mol.